The maximum absolute atomic E-state index is 12.5. The van der Waals surface area contributed by atoms with E-state index in [1.165, 1.54) is 11.3 Å². The van der Waals surface area contributed by atoms with Crippen LogP contribution >= 0.6 is 11.3 Å². The first kappa shape index (κ1) is 17.7. The van der Waals surface area contributed by atoms with Crippen LogP contribution in [0, 0.1) is 6.92 Å². The number of aromatic nitrogens is 3. The van der Waals surface area contributed by atoms with Gasteiger partial charge in [-0.2, -0.15) is 9.78 Å². The zero-order valence-corrected chi connectivity index (χ0v) is 16.7. The Balaban J connectivity index is 1.64. The predicted molar refractivity (Wildman–Crippen MR) is 111 cm³/mol. The maximum Gasteiger partial charge on any atom is 0.226 e. The fraction of sp³-hybridized carbons (Fsp3) is 0.190. The largest absolute Gasteiger partial charge is 0.508 e. The molecule has 3 heterocycles. The Labute approximate surface area is 170 Å². The van der Waals surface area contributed by atoms with Crippen molar-refractivity contribution in [1.29, 1.82) is 0 Å². The zero-order valence-electron chi connectivity index (χ0n) is 15.8. The number of methoxy groups -OCH3 is 1. The second kappa shape index (κ2) is 6.59. The molecule has 1 aliphatic heterocycles. The van der Waals surface area contributed by atoms with Crippen molar-refractivity contribution in [3.05, 3.63) is 59.3 Å². The van der Waals surface area contributed by atoms with Crippen LogP contribution in [0.3, 0.4) is 0 Å². The summed E-state index contributed by atoms with van der Waals surface area (Å²) >= 11 is 1.49. The molecule has 8 heteroatoms. The number of phenolic OH excluding ortho intramolecular Hbond substituents is 1. The van der Waals surface area contributed by atoms with Gasteiger partial charge in [-0.05, 0) is 42.8 Å². The van der Waals surface area contributed by atoms with Gasteiger partial charge in [-0.3, -0.25) is 4.79 Å². The van der Waals surface area contributed by atoms with Crippen molar-refractivity contribution in [2.24, 2.45) is 0 Å². The smallest absolute Gasteiger partial charge is 0.226 e. The molecule has 1 atom stereocenters. The van der Waals surface area contributed by atoms with Crippen molar-refractivity contribution < 1.29 is 14.6 Å². The normalized spacial score (nSPS) is 15.9. The molecular formula is C21H18N4O3S. The summed E-state index contributed by atoms with van der Waals surface area (Å²) in [5, 5.41) is 18.0. The lowest BCUT2D eigenvalue weighted by molar-refractivity contribution is -0.116. The fourth-order valence-electron chi connectivity index (χ4n) is 3.79. The first-order valence-electron chi connectivity index (χ1n) is 9.16. The van der Waals surface area contributed by atoms with Gasteiger partial charge in [-0.15, -0.1) is 0 Å². The SMILES string of the molecule is COc1ccc2nc(-n3nc(C)c4c3NC(=O)CC4c3ccc(O)cc3)sc2c1. The summed E-state index contributed by atoms with van der Waals surface area (Å²) in [6.07, 6.45) is 0.335. The van der Waals surface area contributed by atoms with E-state index < -0.39 is 0 Å². The Morgan fingerprint density at radius 2 is 2.03 bits per heavy atom. The van der Waals surface area contributed by atoms with Gasteiger partial charge in [0.25, 0.3) is 0 Å². The molecule has 0 bridgehead atoms. The lowest BCUT2D eigenvalue weighted by Gasteiger charge is -2.24. The van der Waals surface area contributed by atoms with E-state index in [4.69, 9.17) is 14.8 Å². The van der Waals surface area contributed by atoms with Crippen LogP contribution in [-0.4, -0.2) is 32.9 Å². The monoisotopic (exact) mass is 406 g/mol. The molecule has 5 rings (SSSR count). The van der Waals surface area contributed by atoms with Crippen molar-refractivity contribution in [3.63, 3.8) is 0 Å². The molecule has 0 fully saturated rings. The number of benzene rings is 2. The molecule has 146 valence electrons. The van der Waals surface area contributed by atoms with Gasteiger partial charge in [0.05, 0.1) is 23.0 Å². The molecule has 29 heavy (non-hydrogen) atoms. The second-order valence-corrected chi connectivity index (χ2v) is 8.00. The van der Waals surface area contributed by atoms with Crippen LogP contribution in [0.5, 0.6) is 11.5 Å². The zero-order chi connectivity index (χ0) is 20.1. The van der Waals surface area contributed by atoms with Crippen molar-refractivity contribution in [1.82, 2.24) is 14.8 Å². The van der Waals surface area contributed by atoms with Gasteiger partial charge in [0, 0.05) is 17.9 Å². The summed E-state index contributed by atoms with van der Waals surface area (Å²) in [4.78, 5) is 17.2. The molecule has 2 aromatic carbocycles. The Hall–Kier alpha value is -3.39. The number of carbonyl (C=O) groups is 1. The minimum atomic E-state index is -0.123. The Kier molecular flexibility index (Phi) is 4.02. The van der Waals surface area contributed by atoms with Crippen LogP contribution < -0.4 is 10.1 Å². The molecule has 2 aromatic heterocycles. The van der Waals surface area contributed by atoms with Gasteiger partial charge >= 0.3 is 0 Å². The third kappa shape index (κ3) is 2.92. The van der Waals surface area contributed by atoms with Crippen molar-refractivity contribution >= 4 is 33.3 Å². The highest BCUT2D eigenvalue weighted by Gasteiger charge is 2.33. The van der Waals surface area contributed by atoms with Crippen LogP contribution in [0.1, 0.15) is 29.2 Å². The molecule has 0 saturated carbocycles. The number of phenols is 1. The quantitative estimate of drug-likeness (QED) is 0.537. The average molecular weight is 406 g/mol. The number of aryl methyl sites for hydroxylation is 1. The number of nitrogens with zero attached hydrogens (tertiary/aromatic N) is 3. The highest BCUT2D eigenvalue weighted by atomic mass is 32.1. The third-order valence-corrected chi connectivity index (χ3v) is 6.16. The summed E-state index contributed by atoms with van der Waals surface area (Å²) in [6.45, 7) is 1.94. The van der Waals surface area contributed by atoms with Crippen LogP contribution in [0.25, 0.3) is 15.3 Å². The second-order valence-electron chi connectivity index (χ2n) is 6.99. The number of hydrogen-bond acceptors (Lipinski definition) is 6. The molecule has 7 nitrogen and oxygen atoms in total. The van der Waals surface area contributed by atoms with E-state index in [2.05, 4.69) is 5.32 Å². The molecule has 1 aliphatic rings. The topological polar surface area (TPSA) is 89.3 Å². The van der Waals surface area contributed by atoms with Crippen molar-refractivity contribution in [2.45, 2.75) is 19.3 Å². The highest BCUT2D eigenvalue weighted by molar-refractivity contribution is 7.20. The van der Waals surface area contributed by atoms with Crippen LogP contribution in [0.15, 0.2) is 42.5 Å². The van der Waals surface area contributed by atoms with Gasteiger partial charge in [0.15, 0.2) is 0 Å². The molecule has 1 unspecified atom stereocenters. The first-order chi connectivity index (χ1) is 14.0. The Morgan fingerprint density at radius 3 is 2.79 bits per heavy atom. The van der Waals surface area contributed by atoms with Crippen LogP contribution in [0.4, 0.5) is 5.82 Å². The predicted octanol–water partition coefficient (Wildman–Crippen LogP) is 3.98. The van der Waals surface area contributed by atoms with Crippen LogP contribution in [0.2, 0.25) is 0 Å². The number of nitrogens with one attached hydrogen (secondary N) is 1. The number of carbonyl (C=O) groups excluding carboxylic acids is 1. The summed E-state index contributed by atoms with van der Waals surface area (Å²) in [5.74, 6) is 1.43. The van der Waals surface area contributed by atoms with Gasteiger partial charge in [-0.1, -0.05) is 23.5 Å². The van der Waals surface area contributed by atoms with E-state index >= 15 is 0 Å². The third-order valence-electron chi connectivity index (χ3n) is 5.16. The van der Waals surface area contributed by atoms with E-state index in [1.807, 2.05) is 37.3 Å². The Bertz CT molecular complexity index is 1240. The van der Waals surface area contributed by atoms with Gasteiger partial charge in [0.1, 0.15) is 17.3 Å². The number of amides is 1. The average Bonchev–Trinajstić information content (AvgIpc) is 3.28. The lowest BCUT2D eigenvalue weighted by Crippen LogP contribution is -2.24. The fourth-order valence-corrected chi connectivity index (χ4v) is 4.74. The van der Waals surface area contributed by atoms with E-state index in [0.29, 0.717) is 17.4 Å². The summed E-state index contributed by atoms with van der Waals surface area (Å²) in [5.41, 5.74) is 3.64. The lowest BCUT2D eigenvalue weighted by atomic mass is 9.86. The maximum atomic E-state index is 12.5. The summed E-state index contributed by atoms with van der Waals surface area (Å²) in [7, 11) is 1.63. The van der Waals surface area contributed by atoms with E-state index in [0.717, 1.165) is 32.8 Å². The number of thiazole rings is 1. The molecule has 0 saturated heterocycles. The number of ether oxygens (including phenoxy) is 1. The number of fused-ring (bicyclic) bond motifs is 2. The van der Waals surface area contributed by atoms with E-state index in [-0.39, 0.29) is 17.6 Å². The minimum Gasteiger partial charge on any atom is -0.508 e. The highest BCUT2D eigenvalue weighted by Crippen LogP contribution is 2.41. The number of anilines is 1. The molecule has 2 N–H and O–H groups in total. The molecule has 0 radical (unpaired) electrons. The molecule has 0 spiro atoms. The minimum absolute atomic E-state index is 0.0699. The first-order valence-corrected chi connectivity index (χ1v) is 9.98. The van der Waals surface area contributed by atoms with Gasteiger partial charge in [-0.25, -0.2) is 4.98 Å². The van der Waals surface area contributed by atoms with Crippen molar-refractivity contribution in [3.8, 4) is 16.6 Å². The standard InChI is InChI=1S/C21H18N4O3S/c1-11-19-15(12-3-5-13(26)6-4-12)10-18(27)23-20(19)25(24-11)21-22-16-8-7-14(28-2)9-17(16)29-21/h3-9,15,26H,10H2,1-2H3,(H,23,27). The summed E-state index contributed by atoms with van der Waals surface area (Å²) < 4.78 is 8.00. The van der Waals surface area contributed by atoms with E-state index in [1.54, 1.807) is 23.9 Å². The van der Waals surface area contributed by atoms with E-state index in [9.17, 15) is 9.90 Å². The molecule has 4 aromatic rings. The van der Waals surface area contributed by atoms with Gasteiger partial charge < -0.3 is 15.2 Å². The number of rotatable bonds is 3. The molecular weight excluding hydrogens is 388 g/mol. The summed E-state index contributed by atoms with van der Waals surface area (Å²) in [6, 6.07) is 12.7. The van der Waals surface area contributed by atoms with Crippen molar-refractivity contribution in [2.75, 3.05) is 12.4 Å². The Morgan fingerprint density at radius 1 is 1.24 bits per heavy atom. The molecule has 0 aliphatic carbocycles. The van der Waals surface area contributed by atoms with Crippen LogP contribution in [-0.2, 0) is 4.79 Å². The number of aromatic hydroxyl groups is 1. The molecule has 1 amide bonds. The number of hydrogen-bond donors (Lipinski definition) is 2. The van der Waals surface area contributed by atoms with Gasteiger partial charge in [0.2, 0.25) is 11.0 Å².